The molecule has 1 aliphatic rings. The van der Waals surface area contributed by atoms with Gasteiger partial charge in [0.25, 0.3) is 0 Å². The summed E-state index contributed by atoms with van der Waals surface area (Å²) in [6.07, 6.45) is 6.36. The lowest BCUT2D eigenvalue weighted by atomic mass is 9.95. The molecule has 92 valence electrons. The van der Waals surface area contributed by atoms with Crippen molar-refractivity contribution in [1.82, 2.24) is 14.8 Å². The van der Waals surface area contributed by atoms with Crippen LogP contribution in [0.1, 0.15) is 50.9 Å². The summed E-state index contributed by atoms with van der Waals surface area (Å²) in [5.41, 5.74) is 0. The Bertz CT molecular complexity index is 415. The molecule has 0 spiro atoms. The molecule has 1 fully saturated rings. The van der Waals surface area contributed by atoms with E-state index in [1.165, 1.54) is 43.9 Å². The minimum absolute atomic E-state index is 0.0686. The second-order valence-corrected chi connectivity index (χ2v) is 5.89. The molecule has 0 radical (unpaired) electrons. The Kier molecular flexibility index (Phi) is 4.06. The van der Waals surface area contributed by atoms with Crippen molar-refractivity contribution in [3.63, 3.8) is 0 Å². The Labute approximate surface area is 106 Å². The van der Waals surface area contributed by atoms with Crippen molar-refractivity contribution in [1.29, 1.82) is 5.26 Å². The van der Waals surface area contributed by atoms with Crippen molar-refractivity contribution in [2.75, 3.05) is 0 Å². The van der Waals surface area contributed by atoms with E-state index in [0.717, 1.165) is 11.0 Å². The molecule has 1 aromatic rings. The summed E-state index contributed by atoms with van der Waals surface area (Å²) in [7, 11) is 0. The van der Waals surface area contributed by atoms with Crippen LogP contribution in [0.4, 0.5) is 0 Å². The summed E-state index contributed by atoms with van der Waals surface area (Å²) in [6, 6.07) is 2.77. The van der Waals surface area contributed by atoms with Crippen LogP contribution in [0.15, 0.2) is 5.16 Å². The maximum Gasteiger partial charge on any atom is 0.192 e. The largest absolute Gasteiger partial charge is 0.303 e. The van der Waals surface area contributed by atoms with Gasteiger partial charge in [-0.25, -0.2) is 0 Å². The monoisotopic (exact) mass is 250 g/mol. The number of aryl methyl sites for hydroxylation is 1. The average molecular weight is 250 g/mol. The SMILES string of the molecule is Cc1nnc(S[C@H](C)C#N)n1C1CCCCC1. The van der Waals surface area contributed by atoms with Gasteiger partial charge in [0.2, 0.25) is 0 Å². The van der Waals surface area contributed by atoms with E-state index in [1.54, 1.807) is 0 Å². The molecule has 1 aliphatic carbocycles. The molecule has 5 heteroatoms. The highest BCUT2D eigenvalue weighted by molar-refractivity contribution is 8.00. The second kappa shape index (κ2) is 5.54. The maximum absolute atomic E-state index is 8.88. The van der Waals surface area contributed by atoms with Crippen molar-refractivity contribution in [3.8, 4) is 6.07 Å². The van der Waals surface area contributed by atoms with Gasteiger partial charge < -0.3 is 4.57 Å². The molecule has 1 saturated carbocycles. The van der Waals surface area contributed by atoms with E-state index in [9.17, 15) is 0 Å². The molecular weight excluding hydrogens is 232 g/mol. The Hall–Kier alpha value is -1.02. The minimum Gasteiger partial charge on any atom is -0.303 e. The second-order valence-electron chi connectivity index (χ2n) is 4.58. The molecule has 0 N–H and O–H groups in total. The molecule has 1 atom stereocenters. The van der Waals surface area contributed by atoms with E-state index < -0.39 is 0 Å². The molecule has 2 rings (SSSR count). The van der Waals surface area contributed by atoms with Crippen molar-refractivity contribution < 1.29 is 0 Å². The van der Waals surface area contributed by atoms with Gasteiger partial charge in [-0.1, -0.05) is 31.0 Å². The van der Waals surface area contributed by atoms with Gasteiger partial charge in [0.05, 0.1) is 11.3 Å². The molecule has 1 aromatic heterocycles. The van der Waals surface area contributed by atoms with Gasteiger partial charge in [-0.2, -0.15) is 5.26 Å². The van der Waals surface area contributed by atoms with Crippen LogP contribution in [0, 0.1) is 18.3 Å². The van der Waals surface area contributed by atoms with E-state index in [2.05, 4.69) is 20.8 Å². The summed E-state index contributed by atoms with van der Waals surface area (Å²) in [5.74, 6) is 0.976. The van der Waals surface area contributed by atoms with Crippen molar-refractivity contribution in [2.45, 2.75) is 62.4 Å². The third-order valence-electron chi connectivity index (χ3n) is 3.24. The van der Waals surface area contributed by atoms with Gasteiger partial charge in [0.1, 0.15) is 5.82 Å². The predicted octanol–water partition coefficient (Wildman–Crippen LogP) is 3.10. The number of hydrogen-bond acceptors (Lipinski definition) is 4. The Morgan fingerprint density at radius 3 is 2.71 bits per heavy atom. The van der Waals surface area contributed by atoms with Gasteiger partial charge in [0.15, 0.2) is 5.16 Å². The van der Waals surface area contributed by atoms with E-state index in [4.69, 9.17) is 5.26 Å². The van der Waals surface area contributed by atoms with Crippen LogP contribution >= 0.6 is 11.8 Å². The highest BCUT2D eigenvalue weighted by Gasteiger charge is 2.22. The Balaban J connectivity index is 2.19. The molecule has 1 heterocycles. The van der Waals surface area contributed by atoms with Gasteiger partial charge in [0, 0.05) is 6.04 Å². The normalized spacial score (nSPS) is 18.9. The first-order valence-electron chi connectivity index (χ1n) is 6.20. The lowest BCUT2D eigenvalue weighted by molar-refractivity contribution is 0.332. The van der Waals surface area contributed by atoms with Gasteiger partial charge in [-0.3, -0.25) is 0 Å². The summed E-state index contributed by atoms with van der Waals surface area (Å²) in [4.78, 5) is 0. The van der Waals surface area contributed by atoms with Crippen molar-refractivity contribution >= 4 is 11.8 Å². The molecule has 0 aliphatic heterocycles. The van der Waals surface area contributed by atoms with Crippen LogP contribution in [-0.2, 0) is 0 Å². The Morgan fingerprint density at radius 1 is 1.35 bits per heavy atom. The molecular formula is C12H18N4S. The zero-order chi connectivity index (χ0) is 12.3. The topological polar surface area (TPSA) is 54.5 Å². The molecule has 0 bridgehead atoms. The van der Waals surface area contributed by atoms with E-state index in [-0.39, 0.29) is 5.25 Å². The minimum atomic E-state index is -0.0686. The molecule has 17 heavy (non-hydrogen) atoms. The summed E-state index contributed by atoms with van der Waals surface area (Å²) in [6.45, 7) is 3.91. The zero-order valence-corrected chi connectivity index (χ0v) is 11.2. The van der Waals surface area contributed by atoms with Gasteiger partial charge >= 0.3 is 0 Å². The number of thioether (sulfide) groups is 1. The first-order valence-corrected chi connectivity index (χ1v) is 7.08. The summed E-state index contributed by atoms with van der Waals surface area (Å²) >= 11 is 1.51. The lowest BCUT2D eigenvalue weighted by Crippen LogP contribution is -2.15. The van der Waals surface area contributed by atoms with E-state index >= 15 is 0 Å². The molecule has 0 amide bonds. The molecule has 4 nitrogen and oxygen atoms in total. The predicted molar refractivity (Wildman–Crippen MR) is 67.8 cm³/mol. The van der Waals surface area contributed by atoms with Crippen LogP contribution in [0.5, 0.6) is 0 Å². The number of aromatic nitrogens is 3. The first-order chi connectivity index (χ1) is 8.22. The zero-order valence-electron chi connectivity index (χ0n) is 10.4. The average Bonchev–Trinajstić information content (AvgIpc) is 2.71. The summed E-state index contributed by atoms with van der Waals surface area (Å²) in [5, 5.41) is 18.1. The molecule has 0 saturated heterocycles. The van der Waals surface area contributed by atoms with E-state index in [1.807, 2.05) is 13.8 Å². The van der Waals surface area contributed by atoms with E-state index in [0.29, 0.717) is 6.04 Å². The van der Waals surface area contributed by atoms with Crippen LogP contribution in [-0.4, -0.2) is 20.0 Å². The van der Waals surface area contributed by atoms with Crippen LogP contribution in [0.25, 0.3) is 0 Å². The lowest BCUT2D eigenvalue weighted by Gasteiger charge is -2.25. The van der Waals surface area contributed by atoms with Crippen LogP contribution in [0.3, 0.4) is 0 Å². The fraction of sp³-hybridized carbons (Fsp3) is 0.750. The fourth-order valence-corrected chi connectivity index (χ4v) is 3.23. The number of rotatable bonds is 3. The number of hydrogen-bond donors (Lipinski definition) is 0. The highest BCUT2D eigenvalue weighted by atomic mass is 32.2. The quantitative estimate of drug-likeness (QED) is 0.773. The molecule has 0 unspecified atom stereocenters. The molecule has 0 aromatic carbocycles. The van der Waals surface area contributed by atoms with Gasteiger partial charge in [-0.15, -0.1) is 10.2 Å². The summed E-state index contributed by atoms with van der Waals surface area (Å²) < 4.78 is 2.23. The van der Waals surface area contributed by atoms with Crippen molar-refractivity contribution in [3.05, 3.63) is 5.82 Å². The fourth-order valence-electron chi connectivity index (χ4n) is 2.37. The number of nitrogens with zero attached hydrogens (tertiary/aromatic N) is 4. The Morgan fingerprint density at radius 2 is 2.06 bits per heavy atom. The third kappa shape index (κ3) is 2.81. The smallest absolute Gasteiger partial charge is 0.192 e. The third-order valence-corrected chi connectivity index (χ3v) is 4.19. The standard InChI is InChI=1S/C12H18N4S/c1-9(8-13)17-12-15-14-10(2)16(12)11-6-4-3-5-7-11/h9,11H,3-7H2,1-2H3/t9-/m1/s1. The maximum atomic E-state index is 8.88. The first kappa shape index (κ1) is 12.4. The number of nitriles is 1. The van der Waals surface area contributed by atoms with Crippen LogP contribution < -0.4 is 0 Å². The van der Waals surface area contributed by atoms with Crippen LogP contribution in [0.2, 0.25) is 0 Å². The highest BCUT2D eigenvalue weighted by Crippen LogP contribution is 2.33. The van der Waals surface area contributed by atoms with Crippen molar-refractivity contribution in [2.24, 2.45) is 0 Å². The van der Waals surface area contributed by atoms with Gasteiger partial charge in [-0.05, 0) is 26.7 Å².